The molecule has 0 radical (unpaired) electrons. The van der Waals surface area contributed by atoms with Crippen LogP contribution in [-0.2, 0) is 22.2 Å². The van der Waals surface area contributed by atoms with Crippen molar-refractivity contribution in [2.75, 3.05) is 20.2 Å². The number of piperidine rings is 1. The molecule has 4 bridgehead atoms. The molecule has 2 aromatic rings. The van der Waals surface area contributed by atoms with Crippen LogP contribution in [0.15, 0.2) is 36.7 Å². The Morgan fingerprint density at radius 3 is 2.72 bits per heavy atom. The minimum atomic E-state index is -1.09. The maximum Gasteiger partial charge on any atom is 0.165 e. The van der Waals surface area contributed by atoms with Crippen LogP contribution in [0.5, 0.6) is 11.5 Å². The first-order valence-corrected chi connectivity index (χ1v) is 13.8. The minimum Gasteiger partial charge on any atom is -0.504 e. The fourth-order valence-electron chi connectivity index (χ4n) is 9.95. The number of hydrogen-bond donors (Lipinski definition) is 2. The van der Waals surface area contributed by atoms with Crippen LogP contribution in [-0.4, -0.2) is 58.0 Å². The number of hydrogen-bond acceptors (Lipinski definition) is 6. The zero-order valence-corrected chi connectivity index (χ0v) is 21.2. The van der Waals surface area contributed by atoms with E-state index in [0.29, 0.717) is 11.8 Å². The van der Waals surface area contributed by atoms with Crippen LogP contribution in [0.4, 0.5) is 0 Å². The fraction of sp³-hybridized carbons (Fsp3) is 0.633. The highest BCUT2D eigenvalue weighted by molar-refractivity contribution is 5.63. The Hall–Kier alpha value is -2.15. The van der Waals surface area contributed by atoms with E-state index in [4.69, 9.17) is 9.47 Å². The standard InChI is InChI=1S/C30H36N2O4/c1-27(34,20-7-12-31-13-8-20)22-16-28-9-10-30(22,35-2)26-29(28)11-14-32(17-18-3-4-18)23(28)15-19-5-6-21(33)25(36-26)24(19)29/h5-8,12-13,18,22-23,26,33-34H,3-4,9-11,14-17H2,1-2H3. The molecule has 2 aliphatic heterocycles. The summed E-state index contributed by atoms with van der Waals surface area (Å²) in [6, 6.07) is 8.27. The maximum absolute atomic E-state index is 12.3. The predicted octanol–water partition coefficient (Wildman–Crippen LogP) is 3.92. The Morgan fingerprint density at radius 1 is 1.17 bits per heavy atom. The smallest absolute Gasteiger partial charge is 0.165 e. The average molecular weight is 489 g/mol. The Kier molecular flexibility index (Phi) is 4.15. The van der Waals surface area contributed by atoms with Crippen LogP contribution in [0, 0.1) is 17.3 Å². The Bertz CT molecular complexity index is 1250. The predicted molar refractivity (Wildman–Crippen MR) is 134 cm³/mol. The lowest BCUT2D eigenvalue weighted by Gasteiger charge is -2.75. The largest absolute Gasteiger partial charge is 0.504 e. The molecule has 7 aliphatic rings. The lowest BCUT2D eigenvalue weighted by Crippen LogP contribution is -2.82. The van der Waals surface area contributed by atoms with Gasteiger partial charge in [0, 0.05) is 54.4 Å². The van der Waals surface area contributed by atoms with E-state index in [2.05, 4.69) is 16.0 Å². The summed E-state index contributed by atoms with van der Waals surface area (Å²) < 4.78 is 13.5. The monoisotopic (exact) mass is 488 g/mol. The molecule has 6 heteroatoms. The van der Waals surface area contributed by atoms with Crippen molar-refractivity contribution in [3.63, 3.8) is 0 Å². The number of rotatable bonds is 5. The second kappa shape index (κ2) is 6.83. The van der Waals surface area contributed by atoms with Crippen LogP contribution < -0.4 is 4.74 Å². The van der Waals surface area contributed by atoms with Gasteiger partial charge in [0.05, 0.1) is 5.60 Å². The molecule has 4 saturated carbocycles. The number of nitrogens with zero attached hydrogens (tertiary/aromatic N) is 2. The number of likely N-dealkylation sites (tertiary alicyclic amines) is 1. The molecular weight excluding hydrogens is 452 g/mol. The number of aromatic nitrogens is 1. The van der Waals surface area contributed by atoms with Crippen molar-refractivity contribution < 1.29 is 19.7 Å². The van der Waals surface area contributed by atoms with Crippen molar-refractivity contribution in [2.45, 2.75) is 80.6 Å². The highest BCUT2D eigenvalue weighted by Gasteiger charge is 2.82. The molecular formula is C30H36N2O4. The van der Waals surface area contributed by atoms with Crippen LogP contribution in [0.1, 0.15) is 62.1 Å². The topological polar surface area (TPSA) is 75.0 Å². The third-order valence-corrected chi connectivity index (χ3v) is 11.6. The zero-order chi connectivity index (χ0) is 24.5. The van der Waals surface area contributed by atoms with Crippen molar-refractivity contribution in [1.82, 2.24) is 9.88 Å². The number of fused-ring (bicyclic) bond motifs is 2. The molecule has 2 N–H and O–H groups in total. The number of ether oxygens (including phenoxy) is 2. The molecule has 3 heterocycles. The second-order valence-corrected chi connectivity index (χ2v) is 12.8. The van der Waals surface area contributed by atoms with Gasteiger partial charge in [-0.05, 0) is 93.7 Å². The molecule has 7 unspecified atom stereocenters. The molecule has 1 aromatic heterocycles. The van der Waals surface area contributed by atoms with Crippen LogP contribution in [0.25, 0.3) is 0 Å². The van der Waals surface area contributed by atoms with Crippen molar-refractivity contribution in [3.8, 4) is 11.5 Å². The van der Waals surface area contributed by atoms with Gasteiger partial charge >= 0.3 is 0 Å². The number of methoxy groups -OCH3 is 1. The summed E-state index contributed by atoms with van der Waals surface area (Å²) in [5, 5.41) is 23.3. The van der Waals surface area contributed by atoms with E-state index in [1.165, 1.54) is 30.5 Å². The second-order valence-electron chi connectivity index (χ2n) is 12.8. The molecule has 36 heavy (non-hydrogen) atoms. The van der Waals surface area contributed by atoms with Crippen LogP contribution in [0.3, 0.4) is 0 Å². The first kappa shape index (κ1) is 21.9. The van der Waals surface area contributed by atoms with Crippen LogP contribution in [0.2, 0.25) is 0 Å². The Balaban J connectivity index is 1.36. The van der Waals surface area contributed by atoms with Crippen LogP contribution >= 0.6 is 0 Å². The highest BCUT2D eigenvalue weighted by atomic mass is 16.6. The van der Waals surface area contributed by atoms with E-state index in [1.54, 1.807) is 19.5 Å². The minimum absolute atomic E-state index is 0.0151. The quantitative estimate of drug-likeness (QED) is 0.665. The van der Waals surface area contributed by atoms with Gasteiger partial charge in [-0.1, -0.05) is 6.07 Å². The average Bonchev–Trinajstić information content (AvgIpc) is 3.64. The van der Waals surface area contributed by atoms with Gasteiger partial charge in [0.25, 0.3) is 0 Å². The molecule has 1 aromatic carbocycles. The Labute approximate surface area is 212 Å². The molecule has 1 saturated heterocycles. The normalized spacial score (nSPS) is 41.5. The lowest BCUT2D eigenvalue weighted by atomic mass is 9.33. The van der Waals surface area contributed by atoms with Crippen molar-refractivity contribution in [2.24, 2.45) is 17.3 Å². The number of phenols is 1. The van der Waals surface area contributed by atoms with Gasteiger partial charge in [-0.15, -0.1) is 0 Å². The summed E-state index contributed by atoms with van der Waals surface area (Å²) in [7, 11) is 1.81. The van der Waals surface area contributed by atoms with Gasteiger partial charge in [-0.2, -0.15) is 0 Å². The molecule has 7 atom stereocenters. The van der Waals surface area contributed by atoms with Gasteiger partial charge in [-0.3, -0.25) is 9.88 Å². The van der Waals surface area contributed by atoms with Crippen molar-refractivity contribution in [1.29, 1.82) is 0 Å². The molecule has 5 aliphatic carbocycles. The molecule has 2 spiro atoms. The van der Waals surface area contributed by atoms with Crippen molar-refractivity contribution >= 4 is 0 Å². The fourth-order valence-corrected chi connectivity index (χ4v) is 9.95. The molecule has 9 rings (SSSR count). The van der Waals surface area contributed by atoms with Crippen molar-refractivity contribution in [3.05, 3.63) is 53.3 Å². The summed E-state index contributed by atoms with van der Waals surface area (Å²) in [6.45, 7) is 4.22. The first-order valence-electron chi connectivity index (χ1n) is 13.8. The first-order chi connectivity index (χ1) is 17.4. The van der Waals surface area contributed by atoms with Gasteiger partial charge in [-0.25, -0.2) is 0 Å². The van der Waals surface area contributed by atoms with Gasteiger partial charge in [0.15, 0.2) is 11.5 Å². The SMILES string of the molecule is COC12CCC3(CC1C(C)(O)c1ccncc1)C1Cc4ccc(O)c5c4C3(CCN1CC1CC1)C2O5. The molecule has 5 fully saturated rings. The summed E-state index contributed by atoms with van der Waals surface area (Å²) in [5.74, 6) is 1.63. The maximum atomic E-state index is 12.3. The summed E-state index contributed by atoms with van der Waals surface area (Å²) >= 11 is 0. The van der Waals surface area contributed by atoms with E-state index in [0.717, 1.165) is 50.1 Å². The number of pyridine rings is 1. The number of benzene rings is 1. The van der Waals surface area contributed by atoms with Gasteiger partial charge < -0.3 is 19.7 Å². The third-order valence-electron chi connectivity index (χ3n) is 11.6. The van der Waals surface area contributed by atoms with E-state index in [9.17, 15) is 10.2 Å². The van der Waals surface area contributed by atoms with Gasteiger partial charge in [0.2, 0.25) is 0 Å². The number of phenolic OH excluding ortho intramolecular Hbond substituents is 1. The molecule has 190 valence electrons. The van der Waals surface area contributed by atoms with E-state index < -0.39 is 11.2 Å². The number of aromatic hydroxyl groups is 1. The zero-order valence-electron chi connectivity index (χ0n) is 21.2. The van der Waals surface area contributed by atoms with Gasteiger partial charge in [0.1, 0.15) is 11.7 Å². The Morgan fingerprint density at radius 2 is 1.97 bits per heavy atom. The van der Waals surface area contributed by atoms with E-state index >= 15 is 0 Å². The summed E-state index contributed by atoms with van der Waals surface area (Å²) in [6.07, 6.45) is 10.9. The van der Waals surface area contributed by atoms with E-state index in [-0.39, 0.29) is 28.6 Å². The van der Waals surface area contributed by atoms with E-state index in [1.807, 2.05) is 25.1 Å². The lowest BCUT2D eigenvalue weighted by molar-refractivity contribution is -0.304. The summed E-state index contributed by atoms with van der Waals surface area (Å²) in [5.41, 5.74) is 1.56. The molecule has 6 nitrogen and oxygen atoms in total. The molecule has 0 amide bonds. The highest BCUT2D eigenvalue weighted by Crippen LogP contribution is 2.78. The number of aliphatic hydroxyl groups is 1. The third kappa shape index (κ3) is 2.34. The summed E-state index contributed by atoms with van der Waals surface area (Å²) in [4.78, 5) is 7.01.